The zero-order valence-electron chi connectivity index (χ0n) is 17.7. The van der Waals surface area contributed by atoms with E-state index in [2.05, 4.69) is 33.0 Å². The van der Waals surface area contributed by atoms with Gasteiger partial charge in [-0.3, -0.25) is 4.79 Å². The average Bonchev–Trinajstić information content (AvgIpc) is 2.70. The Balaban J connectivity index is 1.72. The van der Waals surface area contributed by atoms with E-state index < -0.39 is 0 Å². The number of halogens is 1. The molecule has 0 atom stereocenters. The highest BCUT2D eigenvalue weighted by Gasteiger charge is 2.64. The highest BCUT2D eigenvalue weighted by Crippen LogP contribution is 2.55. The van der Waals surface area contributed by atoms with E-state index in [-0.39, 0.29) is 35.5 Å². The summed E-state index contributed by atoms with van der Waals surface area (Å²) in [6.45, 7) is 8.38. The Hall–Kier alpha value is -2.55. The first-order valence-electron chi connectivity index (χ1n) is 9.98. The summed E-state index contributed by atoms with van der Waals surface area (Å²) in [6, 6.07) is 14.3. The minimum atomic E-state index is -0.309. The third-order valence-corrected chi connectivity index (χ3v) is 6.36. The van der Waals surface area contributed by atoms with E-state index in [1.807, 2.05) is 18.2 Å². The standard InChI is InChI=1S/C24H27ClN2O3/c1-23(2)21(27-20(29)16-7-5-15(6-8-16)11-12-28)24(3,4)22(23)30-18-10-9-17(14-26)19(25)13-18/h5-10,13,21-22,28H,11-12H2,1-4H3,(H,27,29)/t21-,22-. The second-order valence-electron chi connectivity index (χ2n) is 8.97. The van der Waals surface area contributed by atoms with Crippen LogP contribution in [0.2, 0.25) is 5.02 Å². The Kier molecular flexibility index (Phi) is 6.12. The van der Waals surface area contributed by atoms with Crippen molar-refractivity contribution < 1.29 is 14.6 Å². The van der Waals surface area contributed by atoms with E-state index >= 15 is 0 Å². The summed E-state index contributed by atoms with van der Waals surface area (Å²) in [4.78, 5) is 12.8. The van der Waals surface area contributed by atoms with Gasteiger partial charge in [0.15, 0.2) is 0 Å². The summed E-state index contributed by atoms with van der Waals surface area (Å²) in [7, 11) is 0. The van der Waals surface area contributed by atoms with Crippen molar-refractivity contribution in [1.82, 2.24) is 5.32 Å². The van der Waals surface area contributed by atoms with Crippen LogP contribution < -0.4 is 10.1 Å². The maximum Gasteiger partial charge on any atom is 0.251 e. The Labute approximate surface area is 182 Å². The third-order valence-electron chi connectivity index (χ3n) is 6.05. The molecule has 1 aliphatic rings. The quantitative estimate of drug-likeness (QED) is 0.719. The molecule has 2 aromatic carbocycles. The molecule has 0 heterocycles. The lowest BCUT2D eigenvalue weighted by Crippen LogP contribution is -2.74. The molecule has 0 aliphatic heterocycles. The minimum Gasteiger partial charge on any atom is -0.489 e. The van der Waals surface area contributed by atoms with E-state index in [1.165, 1.54) is 0 Å². The maximum atomic E-state index is 12.8. The van der Waals surface area contributed by atoms with Crippen LogP contribution in [0.1, 0.15) is 49.2 Å². The summed E-state index contributed by atoms with van der Waals surface area (Å²) < 4.78 is 6.25. The second-order valence-corrected chi connectivity index (χ2v) is 9.38. The molecule has 5 nitrogen and oxygen atoms in total. The van der Waals surface area contributed by atoms with E-state index in [0.29, 0.717) is 28.3 Å². The third kappa shape index (κ3) is 4.03. The summed E-state index contributed by atoms with van der Waals surface area (Å²) in [6.07, 6.45) is 0.425. The Bertz CT molecular complexity index is 961. The molecule has 1 amide bonds. The van der Waals surface area contributed by atoms with Gasteiger partial charge < -0.3 is 15.2 Å². The number of carbonyl (C=O) groups excluding carboxylic acids is 1. The van der Waals surface area contributed by atoms with Gasteiger partial charge in [-0.25, -0.2) is 0 Å². The first-order chi connectivity index (χ1) is 14.1. The maximum absolute atomic E-state index is 12.8. The van der Waals surface area contributed by atoms with Gasteiger partial charge >= 0.3 is 0 Å². The minimum absolute atomic E-state index is 0.0852. The van der Waals surface area contributed by atoms with Gasteiger partial charge in [0.05, 0.1) is 10.6 Å². The van der Waals surface area contributed by atoms with Crippen LogP contribution >= 0.6 is 11.6 Å². The van der Waals surface area contributed by atoms with Gasteiger partial charge in [0.25, 0.3) is 5.91 Å². The molecular weight excluding hydrogens is 400 g/mol. The monoisotopic (exact) mass is 426 g/mol. The van der Waals surface area contributed by atoms with Crippen molar-refractivity contribution in [2.75, 3.05) is 6.61 Å². The fourth-order valence-electron chi connectivity index (χ4n) is 4.76. The SMILES string of the molecule is CC1(C)[C@H](NC(=O)c2ccc(CCO)cc2)C(C)(C)[C@H]1Oc1ccc(C#N)c(Cl)c1. The molecule has 158 valence electrons. The first-order valence-corrected chi connectivity index (χ1v) is 10.4. The van der Waals surface area contributed by atoms with E-state index in [4.69, 9.17) is 26.7 Å². The van der Waals surface area contributed by atoms with Crippen molar-refractivity contribution in [3.05, 3.63) is 64.2 Å². The number of carbonyl (C=O) groups is 1. The smallest absolute Gasteiger partial charge is 0.251 e. The van der Waals surface area contributed by atoms with Crippen molar-refractivity contribution in [3.8, 4) is 11.8 Å². The van der Waals surface area contributed by atoms with Crippen LogP contribution in [0, 0.1) is 22.2 Å². The molecule has 0 spiro atoms. The van der Waals surface area contributed by atoms with Gasteiger partial charge in [-0.05, 0) is 36.2 Å². The summed E-state index contributed by atoms with van der Waals surface area (Å²) in [5, 5.41) is 21.6. The van der Waals surface area contributed by atoms with E-state index in [1.54, 1.807) is 30.3 Å². The Morgan fingerprint density at radius 1 is 1.17 bits per heavy atom. The van der Waals surface area contributed by atoms with Crippen molar-refractivity contribution in [1.29, 1.82) is 5.26 Å². The molecule has 0 radical (unpaired) electrons. The number of aliphatic hydroxyl groups excluding tert-OH is 1. The molecule has 30 heavy (non-hydrogen) atoms. The second kappa shape index (κ2) is 8.29. The van der Waals surface area contributed by atoms with Gasteiger partial charge in [-0.2, -0.15) is 5.26 Å². The van der Waals surface area contributed by atoms with Crippen LogP contribution in [0.15, 0.2) is 42.5 Å². The van der Waals surface area contributed by atoms with Crippen LogP contribution in [-0.4, -0.2) is 29.8 Å². The van der Waals surface area contributed by atoms with Crippen LogP contribution in [-0.2, 0) is 6.42 Å². The van der Waals surface area contributed by atoms with Crippen LogP contribution in [0.25, 0.3) is 0 Å². The molecule has 2 N–H and O–H groups in total. The summed E-state index contributed by atoms with van der Waals surface area (Å²) >= 11 is 6.14. The lowest BCUT2D eigenvalue weighted by molar-refractivity contribution is -0.164. The zero-order valence-corrected chi connectivity index (χ0v) is 18.5. The summed E-state index contributed by atoms with van der Waals surface area (Å²) in [5.74, 6) is 0.478. The molecule has 0 saturated heterocycles. The fraction of sp³-hybridized carbons (Fsp3) is 0.417. The molecule has 2 aromatic rings. The number of ether oxygens (including phenoxy) is 1. The number of nitrogens with one attached hydrogen (secondary N) is 1. The number of benzene rings is 2. The molecule has 1 saturated carbocycles. The molecule has 6 heteroatoms. The number of nitriles is 1. The largest absolute Gasteiger partial charge is 0.489 e. The number of amides is 1. The zero-order chi connectivity index (χ0) is 22.1. The highest BCUT2D eigenvalue weighted by molar-refractivity contribution is 6.31. The van der Waals surface area contributed by atoms with Gasteiger partial charge in [0.2, 0.25) is 0 Å². The number of rotatable bonds is 6. The highest BCUT2D eigenvalue weighted by atomic mass is 35.5. The average molecular weight is 427 g/mol. The molecule has 0 bridgehead atoms. The molecule has 0 aromatic heterocycles. The molecule has 1 fully saturated rings. The van der Waals surface area contributed by atoms with Gasteiger partial charge in [-0.1, -0.05) is 51.4 Å². The van der Waals surface area contributed by atoms with Crippen LogP contribution in [0.5, 0.6) is 5.75 Å². The van der Waals surface area contributed by atoms with Crippen molar-refractivity contribution in [3.63, 3.8) is 0 Å². The van der Waals surface area contributed by atoms with Gasteiger partial charge in [-0.15, -0.1) is 0 Å². The lowest BCUT2D eigenvalue weighted by Gasteiger charge is -2.63. The number of hydrogen-bond donors (Lipinski definition) is 2. The van der Waals surface area contributed by atoms with Crippen molar-refractivity contribution in [2.24, 2.45) is 10.8 Å². The topological polar surface area (TPSA) is 82.3 Å². The summed E-state index contributed by atoms with van der Waals surface area (Å²) in [5.41, 5.74) is 1.37. The van der Waals surface area contributed by atoms with Crippen LogP contribution in [0.4, 0.5) is 0 Å². The Morgan fingerprint density at radius 3 is 2.33 bits per heavy atom. The molecule has 0 unspecified atom stereocenters. The first kappa shape index (κ1) is 22.1. The molecule has 3 rings (SSSR count). The van der Waals surface area contributed by atoms with Gasteiger partial charge in [0, 0.05) is 35.1 Å². The van der Waals surface area contributed by atoms with Crippen molar-refractivity contribution >= 4 is 17.5 Å². The number of nitrogens with zero attached hydrogens (tertiary/aromatic N) is 1. The predicted molar refractivity (Wildman–Crippen MR) is 117 cm³/mol. The number of hydrogen-bond acceptors (Lipinski definition) is 4. The van der Waals surface area contributed by atoms with Gasteiger partial charge in [0.1, 0.15) is 17.9 Å². The molecule has 1 aliphatic carbocycles. The lowest BCUT2D eigenvalue weighted by atomic mass is 9.49. The van der Waals surface area contributed by atoms with E-state index in [0.717, 1.165) is 5.56 Å². The fourth-order valence-corrected chi connectivity index (χ4v) is 4.97. The number of aliphatic hydroxyl groups is 1. The normalized spacial score (nSPS) is 21.2. The van der Waals surface area contributed by atoms with E-state index in [9.17, 15) is 4.79 Å². The van der Waals surface area contributed by atoms with Crippen molar-refractivity contribution in [2.45, 2.75) is 46.3 Å². The molecular formula is C24H27ClN2O3. The predicted octanol–water partition coefficient (Wildman–Crippen LogP) is 4.36. The van der Waals surface area contributed by atoms with Crippen LogP contribution in [0.3, 0.4) is 0 Å². The Morgan fingerprint density at radius 2 is 1.80 bits per heavy atom.